The van der Waals surface area contributed by atoms with Gasteiger partial charge in [-0.1, -0.05) is 13.8 Å². The highest BCUT2D eigenvalue weighted by atomic mass is 16.5. The van der Waals surface area contributed by atoms with Crippen molar-refractivity contribution in [1.82, 2.24) is 5.32 Å². The summed E-state index contributed by atoms with van der Waals surface area (Å²) in [6, 6.07) is 0. The van der Waals surface area contributed by atoms with Gasteiger partial charge in [-0.25, -0.2) is 0 Å². The summed E-state index contributed by atoms with van der Waals surface area (Å²) >= 11 is 0. The Labute approximate surface area is 93.0 Å². The highest BCUT2D eigenvalue weighted by Gasteiger charge is 2.20. The van der Waals surface area contributed by atoms with Gasteiger partial charge in [-0.15, -0.1) is 0 Å². The normalized spacial score (nSPS) is 15.6. The van der Waals surface area contributed by atoms with E-state index < -0.39 is 0 Å². The summed E-state index contributed by atoms with van der Waals surface area (Å²) in [6.07, 6.45) is 0. The molecule has 0 bridgehead atoms. The zero-order valence-corrected chi connectivity index (χ0v) is 10.4. The molecule has 0 heterocycles. The lowest BCUT2D eigenvalue weighted by molar-refractivity contribution is 0.00557. The maximum absolute atomic E-state index is 9.09. The third-order valence-electron chi connectivity index (χ3n) is 2.20. The molecule has 0 saturated carbocycles. The molecule has 92 valence electrons. The zero-order valence-electron chi connectivity index (χ0n) is 10.4. The Morgan fingerprint density at radius 3 is 2.33 bits per heavy atom. The summed E-state index contributed by atoms with van der Waals surface area (Å²) in [6.45, 7) is 8.67. The summed E-state index contributed by atoms with van der Waals surface area (Å²) in [5.41, 5.74) is -0.349. The van der Waals surface area contributed by atoms with Crippen LogP contribution in [0, 0.1) is 5.92 Å². The van der Waals surface area contributed by atoms with Crippen LogP contribution in [0.25, 0.3) is 0 Å². The Hall–Kier alpha value is -0.160. The third-order valence-corrected chi connectivity index (χ3v) is 2.20. The molecule has 0 aromatic carbocycles. The van der Waals surface area contributed by atoms with Gasteiger partial charge >= 0.3 is 0 Å². The van der Waals surface area contributed by atoms with E-state index in [2.05, 4.69) is 19.2 Å². The average Bonchev–Trinajstić information content (AvgIpc) is 2.22. The third kappa shape index (κ3) is 7.73. The van der Waals surface area contributed by atoms with Crippen LogP contribution in [0.5, 0.6) is 0 Å². The first-order valence-electron chi connectivity index (χ1n) is 5.49. The predicted molar refractivity (Wildman–Crippen MR) is 61.0 cm³/mol. The highest BCUT2D eigenvalue weighted by molar-refractivity contribution is 4.79. The second kappa shape index (κ2) is 8.05. The second-order valence-corrected chi connectivity index (χ2v) is 4.49. The van der Waals surface area contributed by atoms with Crippen LogP contribution in [-0.4, -0.2) is 50.7 Å². The molecule has 0 radical (unpaired) electrons. The van der Waals surface area contributed by atoms with Crippen molar-refractivity contribution >= 4 is 0 Å². The van der Waals surface area contributed by atoms with Crippen LogP contribution in [0.1, 0.15) is 20.8 Å². The molecule has 0 aliphatic carbocycles. The first kappa shape index (κ1) is 14.8. The van der Waals surface area contributed by atoms with Crippen LogP contribution in [-0.2, 0) is 9.47 Å². The molecule has 4 nitrogen and oxygen atoms in total. The van der Waals surface area contributed by atoms with E-state index in [-0.39, 0.29) is 12.1 Å². The predicted octanol–water partition coefficient (Wildman–Crippen LogP) is 0.646. The van der Waals surface area contributed by atoms with Gasteiger partial charge in [0.25, 0.3) is 0 Å². The van der Waals surface area contributed by atoms with E-state index in [0.29, 0.717) is 25.7 Å². The number of likely N-dealkylation sites (N-methyl/N-ethyl adjacent to an activating group) is 1. The molecule has 1 unspecified atom stereocenters. The lowest BCUT2D eigenvalue weighted by Crippen LogP contribution is -2.47. The fourth-order valence-corrected chi connectivity index (χ4v) is 0.931. The highest BCUT2D eigenvalue weighted by Crippen LogP contribution is 2.01. The summed E-state index contributed by atoms with van der Waals surface area (Å²) in [5.74, 6) is 0.560. The number of aliphatic hydroxyl groups excluding tert-OH is 1. The molecule has 0 saturated heterocycles. The largest absolute Gasteiger partial charge is 0.394 e. The van der Waals surface area contributed by atoms with Gasteiger partial charge in [-0.3, -0.25) is 0 Å². The van der Waals surface area contributed by atoms with Crippen molar-refractivity contribution in [2.75, 3.05) is 40.1 Å². The molecule has 0 spiro atoms. The minimum Gasteiger partial charge on any atom is -0.394 e. The molecule has 0 aliphatic heterocycles. The van der Waals surface area contributed by atoms with E-state index in [0.717, 1.165) is 6.61 Å². The van der Waals surface area contributed by atoms with E-state index in [1.54, 1.807) is 0 Å². The fourth-order valence-electron chi connectivity index (χ4n) is 0.931. The van der Waals surface area contributed by atoms with E-state index in [4.69, 9.17) is 14.6 Å². The quantitative estimate of drug-likeness (QED) is 0.559. The van der Waals surface area contributed by atoms with E-state index in [9.17, 15) is 0 Å². The number of rotatable bonds is 9. The van der Waals surface area contributed by atoms with Gasteiger partial charge in [0.15, 0.2) is 0 Å². The van der Waals surface area contributed by atoms with E-state index in [1.807, 2.05) is 14.0 Å². The molecule has 0 fully saturated rings. The summed E-state index contributed by atoms with van der Waals surface area (Å²) in [7, 11) is 1.81. The molecule has 0 rings (SSSR count). The van der Waals surface area contributed by atoms with Gasteiger partial charge in [0.2, 0.25) is 0 Å². The lowest BCUT2D eigenvalue weighted by Gasteiger charge is -2.26. The van der Waals surface area contributed by atoms with Gasteiger partial charge in [0.1, 0.15) is 0 Å². The summed E-state index contributed by atoms with van der Waals surface area (Å²) in [5, 5.41) is 12.1. The molecule has 15 heavy (non-hydrogen) atoms. The number of hydrogen-bond donors (Lipinski definition) is 2. The Morgan fingerprint density at radius 1 is 1.27 bits per heavy atom. The number of ether oxygens (including phenoxy) is 2. The van der Waals surface area contributed by atoms with E-state index in [1.165, 1.54) is 0 Å². The molecule has 0 amide bonds. The van der Waals surface area contributed by atoms with Crippen LogP contribution < -0.4 is 5.32 Å². The van der Waals surface area contributed by atoms with Gasteiger partial charge in [0, 0.05) is 6.61 Å². The summed E-state index contributed by atoms with van der Waals surface area (Å²) in [4.78, 5) is 0. The van der Waals surface area contributed by atoms with Crippen molar-refractivity contribution in [2.24, 2.45) is 5.92 Å². The van der Waals surface area contributed by atoms with Crippen molar-refractivity contribution in [3.05, 3.63) is 0 Å². The Kier molecular flexibility index (Phi) is 7.96. The maximum Gasteiger partial charge on any atom is 0.0701 e. The standard InChI is InChI=1S/C11H25NO3/c1-10(2)7-14-5-6-15-9-11(3,8-13)12-4/h10,12-13H,5-9H2,1-4H3. The molecule has 0 aliphatic rings. The average molecular weight is 219 g/mol. The Bertz CT molecular complexity index is 147. The monoisotopic (exact) mass is 219 g/mol. The molecule has 0 aromatic heterocycles. The topological polar surface area (TPSA) is 50.7 Å². The molecule has 1 atom stereocenters. The van der Waals surface area contributed by atoms with Crippen molar-refractivity contribution in [2.45, 2.75) is 26.3 Å². The summed E-state index contributed by atoms with van der Waals surface area (Å²) < 4.78 is 10.8. The number of hydrogen-bond acceptors (Lipinski definition) is 4. The smallest absolute Gasteiger partial charge is 0.0701 e. The van der Waals surface area contributed by atoms with Crippen molar-refractivity contribution in [3.8, 4) is 0 Å². The molecule has 0 aromatic rings. The maximum atomic E-state index is 9.09. The molecular formula is C11H25NO3. The van der Waals surface area contributed by atoms with Gasteiger partial charge in [-0.05, 0) is 19.9 Å². The minimum atomic E-state index is -0.349. The zero-order chi connectivity index (χ0) is 11.7. The van der Waals surface area contributed by atoms with Crippen molar-refractivity contribution in [3.63, 3.8) is 0 Å². The first-order chi connectivity index (χ1) is 7.04. The first-order valence-corrected chi connectivity index (χ1v) is 5.49. The lowest BCUT2D eigenvalue weighted by atomic mass is 10.1. The number of aliphatic hydroxyl groups is 1. The molecule has 2 N–H and O–H groups in total. The molecular weight excluding hydrogens is 194 g/mol. The van der Waals surface area contributed by atoms with Gasteiger partial charge < -0.3 is 19.9 Å². The SMILES string of the molecule is CNC(C)(CO)COCCOCC(C)C. The van der Waals surface area contributed by atoms with Crippen LogP contribution in [0.2, 0.25) is 0 Å². The molecule has 4 heteroatoms. The van der Waals surface area contributed by atoms with Crippen molar-refractivity contribution < 1.29 is 14.6 Å². The van der Waals surface area contributed by atoms with Crippen LogP contribution in [0.4, 0.5) is 0 Å². The van der Waals surface area contributed by atoms with Crippen molar-refractivity contribution in [1.29, 1.82) is 0 Å². The Balaban J connectivity index is 3.37. The van der Waals surface area contributed by atoms with Crippen LogP contribution in [0.3, 0.4) is 0 Å². The van der Waals surface area contributed by atoms with Crippen LogP contribution in [0.15, 0.2) is 0 Å². The second-order valence-electron chi connectivity index (χ2n) is 4.49. The minimum absolute atomic E-state index is 0.0658. The fraction of sp³-hybridized carbons (Fsp3) is 1.00. The van der Waals surface area contributed by atoms with Gasteiger partial charge in [0.05, 0.1) is 32.0 Å². The van der Waals surface area contributed by atoms with Crippen LogP contribution >= 0.6 is 0 Å². The number of nitrogens with one attached hydrogen (secondary N) is 1. The Morgan fingerprint density at radius 2 is 1.87 bits per heavy atom. The van der Waals surface area contributed by atoms with Gasteiger partial charge in [-0.2, -0.15) is 0 Å². The van der Waals surface area contributed by atoms with E-state index >= 15 is 0 Å².